The molecule has 3 aromatic rings. The number of benzene rings is 1. The van der Waals surface area contributed by atoms with Gasteiger partial charge in [0.25, 0.3) is 0 Å². The van der Waals surface area contributed by atoms with E-state index in [2.05, 4.69) is 20.5 Å². The van der Waals surface area contributed by atoms with Crippen LogP contribution in [-0.2, 0) is 22.1 Å². The van der Waals surface area contributed by atoms with Gasteiger partial charge in [-0.25, -0.2) is 9.97 Å². The molecule has 1 N–H and O–H groups in total. The molecule has 0 radical (unpaired) electrons. The molecule has 3 rings (SSSR count). The standard InChI is InChI=1S/C20H17F3N4O3S/c1-2-29-17(28)10-14-12-31-19(26-14)27-25-11-13-5-7-15(8-6-13)30-18-16(20(21,22)23)4-3-9-24-18/h3-9,11-12H,2,10H2,1H3,(H,26,27). The van der Waals surface area contributed by atoms with Crippen molar-refractivity contribution in [2.24, 2.45) is 5.10 Å². The van der Waals surface area contributed by atoms with Crippen LogP contribution < -0.4 is 10.2 Å². The number of esters is 1. The molecule has 0 saturated carbocycles. The maximum Gasteiger partial charge on any atom is 0.421 e. The predicted molar refractivity (Wildman–Crippen MR) is 109 cm³/mol. The fraction of sp³-hybridized carbons (Fsp3) is 0.200. The minimum atomic E-state index is -4.56. The molecule has 31 heavy (non-hydrogen) atoms. The van der Waals surface area contributed by atoms with Crippen molar-refractivity contribution in [3.63, 3.8) is 0 Å². The van der Waals surface area contributed by atoms with Gasteiger partial charge in [0.1, 0.15) is 11.3 Å². The Bertz CT molecular complexity index is 1050. The van der Waals surface area contributed by atoms with E-state index in [0.29, 0.717) is 23.0 Å². The van der Waals surface area contributed by atoms with E-state index in [4.69, 9.17) is 9.47 Å². The second-order valence-corrected chi connectivity index (χ2v) is 6.88. The van der Waals surface area contributed by atoms with Crippen LogP contribution in [-0.4, -0.2) is 28.8 Å². The zero-order valence-corrected chi connectivity index (χ0v) is 17.0. The van der Waals surface area contributed by atoms with Gasteiger partial charge in [0.05, 0.1) is 24.9 Å². The van der Waals surface area contributed by atoms with Crippen LogP contribution in [0.15, 0.2) is 53.1 Å². The van der Waals surface area contributed by atoms with Crippen LogP contribution >= 0.6 is 11.3 Å². The third-order valence-corrected chi connectivity index (χ3v) is 4.52. The molecule has 0 saturated heterocycles. The lowest BCUT2D eigenvalue weighted by Gasteiger charge is -2.12. The lowest BCUT2D eigenvalue weighted by molar-refractivity contribution is -0.142. The van der Waals surface area contributed by atoms with Crippen molar-refractivity contribution < 1.29 is 27.4 Å². The van der Waals surface area contributed by atoms with Gasteiger partial charge in [0, 0.05) is 11.6 Å². The molecular weight excluding hydrogens is 433 g/mol. The van der Waals surface area contributed by atoms with Crippen LogP contribution in [0.25, 0.3) is 0 Å². The monoisotopic (exact) mass is 450 g/mol. The van der Waals surface area contributed by atoms with Gasteiger partial charge in [-0.05, 0) is 48.9 Å². The molecule has 7 nitrogen and oxygen atoms in total. The first kappa shape index (κ1) is 22.2. The minimum absolute atomic E-state index is 0.0868. The average Bonchev–Trinajstić information content (AvgIpc) is 3.16. The van der Waals surface area contributed by atoms with E-state index in [1.165, 1.54) is 41.9 Å². The highest BCUT2D eigenvalue weighted by Crippen LogP contribution is 2.36. The van der Waals surface area contributed by atoms with Gasteiger partial charge in [-0.2, -0.15) is 18.3 Å². The molecule has 11 heteroatoms. The van der Waals surface area contributed by atoms with Gasteiger partial charge in [-0.1, -0.05) is 0 Å². The molecule has 0 aliphatic heterocycles. The van der Waals surface area contributed by atoms with E-state index in [1.54, 1.807) is 24.4 Å². The second-order valence-electron chi connectivity index (χ2n) is 6.02. The summed E-state index contributed by atoms with van der Waals surface area (Å²) in [7, 11) is 0. The SMILES string of the molecule is CCOC(=O)Cc1csc(NN=Cc2ccc(Oc3ncccc3C(F)(F)F)cc2)n1. The summed E-state index contributed by atoms with van der Waals surface area (Å²) in [6.45, 7) is 2.05. The van der Waals surface area contributed by atoms with E-state index in [-0.39, 0.29) is 18.1 Å². The van der Waals surface area contributed by atoms with Gasteiger partial charge in [0.15, 0.2) is 0 Å². The number of ether oxygens (including phenoxy) is 2. The van der Waals surface area contributed by atoms with Crippen molar-refractivity contribution in [3.8, 4) is 11.6 Å². The fourth-order valence-corrected chi connectivity index (χ4v) is 3.04. The van der Waals surface area contributed by atoms with Crippen molar-refractivity contribution >= 4 is 28.7 Å². The number of pyridine rings is 1. The number of aromatic nitrogens is 2. The Hall–Kier alpha value is -3.47. The highest BCUT2D eigenvalue weighted by Gasteiger charge is 2.35. The van der Waals surface area contributed by atoms with Gasteiger partial charge in [-0.3, -0.25) is 10.2 Å². The lowest BCUT2D eigenvalue weighted by Crippen LogP contribution is -2.08. The number of thiazole rings is 1. The summed E-state index contributed by atoms with van der Waals surface area (Å²) in [5.74, 6) is -0.656. The number of hydrogen-bond acceptors (Lipinski definition) is 8. The largest absolute Gasteiger partial charge is 0.466 e. The van der Waals surface area contributed by atoms with Crippen LogP contribution in [0.4, 0.5) is 18.3 Å². The Morgan fingerprint density at radius 3 is 2.74 bits per heavy atom. The van der Waals surface area contributed by atoms with E-state index in [1.807, 2.05) is 0 Å². The normalized spacial score (nSPS) is 11.5. The second kappa shape index (κ2) is 10.0. The van der Waals surface area contributed by atoms with Crippen molar-refractivity contribution in [1.82, 2.24) is 9.97 Å². The lowest BCUT2D eigenvalue weighted by atomic mass is 10.2. The minimum Gasteiger partial charge on any atom is -0.466 e. The topological polar surface area (TPSA) is 85.7 Å². The number of nitrogens with one attached hydrogen (secondary N) is 1. The molecule has 0 fully saturated rings. The van der Waals surface area contributed by atoms with Crippen LogP contribution in [0.1, 0.15) is 23.7 Å². The zero-order chi connectivity index (χ0) is 22.3. The quantitative estimate of drug-likeness (QED) is 0.298. The molecule has 0 atom stereocenters. The number of hydrazone groups is 1. The molecule has 0 unspecified atom stereocenters. The number of carbonyl (C=O) groups is 1. The van der Waals surface area contributed by atoms with Crippen molar-refractivity contribution in [2.45, 2.75) is 19.5 Å². The molecule has 1 aromatic carbocycles. The molecule has 2 aromatic heterocycles. The third kappa shape index (κ3) is 6.51. The molecule has 0 bridgehead atoms. The Kier molecular flexibility index (Phi) is 7.19. The Balaban J connectivity index is 1.57. The van der Waals surface area contributed by atoms with Gasteiger partial charge in [-0.15, -0.1) is 11.3 Å². The molecular formula is C20H17F3N4O3S. The van der Waals surface area contributed by atoms with Crippen LogP contribution in [0, 0.1) is 0 Å². The first-order valence-corrected chi connectivity index (χ1v) is 9.92. The van der Waals surface area contributed by atoms with E-state index >= 15 is 0 Å². The number of halogens is 3. The van der Waals surface area contributed by atoms with E-state index in [9.17, 15) is 18.0 Å². The molecule has 0 aliphatic carbocycles. The first-order valence-electron chi connectivity index (χ1n) is 9.04. The summed E-state index contributed by atoms with van der Waals surface area (Å²) in [5, 5.41) is 6.29. The van der Waals surface area contributed by atoms with Crippen molar-refractivity contribution in [3.05, 3.63) is 64.8 Å². The molecule has 0 aliphatic rings. The summed E-state index contributed by atoms with van der Waals surface area (Å²) in [6, 6.07) is 8.39. The first-order chi connectivity index (χ1) is 14.8. The molecule has 0 amide bonds. The predicted octanol–water partition coefficient (Wildman–Crippen LogP) is 4.90. The van der Waals surface area contributed by atoms with Crippen LogP contribution in [0.2, 0.25) is 0 Å². The summed E-state index contributed by atoms with van der Waals surface area (Å²) in [5.41, 5.74) is 3.07. The van der Waals surface area contributed by atoms with E-state index in [0.717, 1.165) is 6.07 Å². The number of alkyl halides is 3. The number of carbonyl (C=O) groups excluding carboxylic acids is 1. The van der Waals surface area contributed by atoms with E-state index < -0.39 is 17.6 Å². The summed E-state index contributed by atoms with van der Waals surface area (Å²) in [4.78, 5) is 19.3. The summed E-state index contributed by atoms with van der Waals surface area (Å²) < 4.78 is 49.2. The van der Waals surface area contributed by atoms with Gasteiger partial charge >= 0.3 is 12.1 Å². The summed E-state index contributed by atoms with van der Waals surface area (Å²) in [6.07, 6.45) is -1.73. The highest BCUT2D eigenvalue weighted by molar-refractivity contribution is 7.13. The van der Waals surface area contributed by atoms with Crippen LogP contribution in [0.5, 0.6) is 11.6 Å². The van der Waals surface area contributed by atoms with Crippen molar-refractivity contribution in [1.29, 1.82) is 0 Å². The molecule has 2 heterocycles. The maximum absolute atomic E-state index is 13.0. The highest BCUT2D eigenvalue weighted by atomic mass is 32.1. The fourth-order valence-electron chi connectivity index (χ4n) is 2.38. The number of rotatable bonds is 8. The smallest absolute Gasteiger partial charge is 0.421 e. The zero-order valence-electron chi connectivity index (χ0n) is 16.2. The van der Waals surface area contributed by atoms with Gasteiger partial charge in [0.2, 0.25) is 11.0 Å². The van der Waals surface area contributed by atoms with Gasteiger partial charge < -0.3 is 9.47 Å². The molecule has 0 spiro atoms. The number of hydrogen-bond donors (Lipinski definition) is 1. The average molecular weight is 450 g/mol. The van der Waals surface area contributed by atoms with Crippen LogP contribution in [0.3, 0.4) is 0 Å². The Morgan fingerprint density at radius 2 is 2.03 bits per heavy atom. The Morgan fingerprint density at radius 1 is 1.26 bits per heavy atom. The Labute approximate surface area is 179 Å². The molecule has 162 valence electrons. The number of nitrogens with zero attached hydrogens (tertiary/aromatic N) is 3. The summed E-state index contributed by atoms with van der Waals surface area (Å²) >= 11 is 1.29. The number of anilines is 1. The van der Waals surface area contributed by atoms with Crippen molar-refractivity contribution in [2.75, 3.05) is 12.0 Å². The maximum atomic E-state index is 13.0. The third-order valence-electron chi connectivity index (χ3n) is 3.73.